The number of carboxylic acids is 1. The summed E-state index contributed by atoms with van der Waals surface area (Å²) in [4.78, 5) is 29.4. The summed E-state index contributed by atoms with van der Waals surface area (Å²) < 4.78 is 7.26. The van der Waals surface area contributed by atoms with Gasteiger partial charge >= 0.3 is 5.97 Å². The number of carboxylic acid groups (broad SMARTS) is 1. The monoisotopic (exact) mass is 327 g/mol. The van der Waals surface area contributed by atoms with Crippen LogP contribution in [0.2, 0.25) is 0 Å². The molecule has 0 saturated heterocycles. The van der Waals surface area contributed by atoms with E-state index in [1.165, 1.54) is 11.0 Å². The standard InChI is InChI=1S/C17H17N3O4/c1-10-5-4-6-15-18-14(9-20(10)15)16(21)19(3)8-12-7-13(17(22)23)11(2)24-12/h4-7,9H,8H2,1-3H3,(H,22,23). The highest BCUT2D eigenvalue weighted by molar-refractivity contribution is 5.93. The molecule has 3 rings (SSSR count). The second-order valence-corrected chi connectivity index (χ2v) is 5.67. The van der Waals surface area contributed by atoms with E-state index in [0.29, 0.717) is 22.9 Å². The molecule has 0 fully saturated rings. The quantitative estimate of drug-likeness (QED) is 0.795. The van der Waals surface area contributed by atoms with Gasteiger partial charge in [-0.2, -0.15) is 0 Å². The number of imidazole rings is 1. The Hall–Kier alpha value is -3.09. The van der Waals surface area contributed by atoms with E-state index < -0.39 is 5.97 Å². The van der Waals surface area contributed by atoms with Gasteiger partial charge in [0.15, 0.2) is 0 Å². The van der Waals surface area contributed by atoms with Crippen LogP contribution in [0.15, 0.2) is 34.9 Å². The Bertz CT molecular complexity index is 939. The fourth-order valence-electron chi connectivity index (χ4n) is 2.59. The fourth-order valence-corrected chi connectivity index (χ4v) is 2.59. The molecule has 1 amide bonds. The molecule has 24 heavy (non-hydrogen) atoms. The van der Waals surface area contributed by atoms with Crippen molar-refractivity contribution in [3.8, 4) is 0 Å². The van der Waals surface area contributed by atoms with Crippen molar-refractivity contribution in [3.05, 3.63) is 58.9 Å². The lowest BCUT2D eigenvalue weighted by atomic mass is 10.2. The predicted octanol–water partition coefficient (Wildman–Crippen LogP) is 2.51. The lowest BCUT2D eigenvalue weighted by Gasteiger charge is -2.13. The molecule has 0 saturated carbocycles. The third kappa shape index (κ3) is 2.76. The first kappa shape index (κ1) is 15.8. The fraction of sp³-hybridized carbons (Fsp3) is 0.235. The summed E-state index contributed by atoms with van der Waals surface area (Å²) in [5, 5.41) is 9.05. The number of aryl methyl sites for hydroxylation is 2. The van der Waals surface area contributed by atoms with Crippen molar-refractivity contribution in [2.75, 3.05) is 7.05 Å². The Kier molecular flexibility index (Phi) is 3.84. The highest BCUT2D eigenvalue weighted by atomic mass is 16.4. The van der Waals surface area contributed by atoms with Crippen molar-refractivity contribution in [1.29, 1.82) is 0 Å². The third-order valence-electron chi connectivity index (χ3n) is 3.85. The number of amides is 1. The predicted molar refractivity (Wildman–Crippen MR) is 86.1 cm³/mol. The molecule has 0 aromatic carbocycles. The molecule has 0 aliphatic carbocycles. The molecule has 0 bridgehead atoms. The molecule has 3 heterocycles. The van der Waals surface area contributed by atoms with Gasteiger partial charge in [0.25, 0.3) is 5.91 Å². The maximum atomic E-state index is 12.5. The Morgan fingerprint density at radius 2 is 2.08 bits per heavy atom. The molecule has 0 unspecified atom stereocenters. The van der Waals surface area contributed by atoms with Crippen molar-refractivity contribution < 1.29 is 19.1 Å². The van der Waals surface area contributed by atoms with Crippen LogP contribution in [-0.4, -0.2) is 38.3 Å². The first-order chi connectivity index (χ1) is 11.4. The summed E-state index contributed by atoms with van der Waals surface area (Å²) in [5.74, 6) is -0.571. The molecule has 1 N–H and O–H groups in total. The highest BCUT2D eigenvalue weighted by Gasteiger charge is 2.19. The average molecular weight is 327 g/mol. The first-order valence-corrected chi connectivity index (χ1v) is 7.39. The molecular formula is C17H17N3O4. The topological polar surface area (TPSA) is 88.0 Å². The molecule has 0 aliphatic rings. The SMILES string of the molecule is Cc1oc(CN(C)C(=O)c2cn3c(C)cccc3n2)cc1C(=O)O. The molecule has 3 aromatic heterocycles. The van der Waals surface area contributed by atoms with E-state index in [9.17, 15) is 9.59 Å². The smallest absolute Gasteiger partial charge is 0.339 e. The summed E-state index contributed by atoms with van der Waals surface area (Å²) >= 11 is 0. The van der Waals surface area contributed by atoms with Gasteiger partial charge in [0, 0.05) is 18.9 Å². The van der Waals surface area contributed by atoms with E-state index in [2.05, 4.69) is 4.98 Å². The summed E-state index contributed by atoms with van der Waals surface area (Å²) in [6, 6.07) is 7.09. The number of aromatic carboxylic acids is 1. The summed E-state index contributed by atoms with van der Waals surface area (Å²) in [7, 11) is 1.62. The van der Waals surface area contributed by atoms with Gasteiger partial charge in [-0.05, 0) is 32.0 Å². The van der Waals surface area contributed by atoms with E-state index in [0.717, 1.165) is 5.69 Å². The highest BCUT2D eigenvalue weighted by Crippen LogP contribution is 2.17. The second kappa shape index (κ2) is 5.84. The van der Waals surface area contributed by atoms with Gasteiger partial charge in [-0.15, -0.1) is 0 Å². The number of carbonyl (C=O) groups is 2. The Morgan fingerprint density at radius 1 is 1.33 bits per heavy atom. The van der Waals surface area contributed by atoms with Crippen molar-refractivity contribution in [2.24, 2.45) is 0 Å². The maximum Gasteiger partial charge on any atom is 0.339 e. The molecule has 7 heteroatoms. The van der Waals surface area contributed by atoms with E-state index in [4.69, 9.17) is 9.52 Å². The third-order valence-corrected chi connectivity index (χ3v) is 3.85. The van der Waals surface area contributed by atoms with Gasteiger partial charge in [-0.3, -0.25) is 4.79 Å². The molecule has 0 atom stereocenters. The first-order valence-electron chi connectivity index (χ1n) is 7.39. The summed E-state index contributed by atoms with van der Waals surface area (Å²) in [6.45, 7) is 3.69. The Balaban J connectivity index is 1.82. The number of aromatic nitrogens is 2. The average Bonchev–Trinajstić information content (AvgIpc) is 3.11. The van der Waals surface area contributed by atoms with Gasteiger partial charge in [-0.1, -0.05) is 6.07 Å². The van der Waals surface area contributed by atoms with Crippen LogP contribution in [0, 0.1) is 13.8 Å². The van der Waals surface area contributed by atoms with Gasteiger partial charge in [0.05, 0.1) is 6.54 Å². The second-order valence-electron chi connectivity index (χ2n) is 5.67. The zero-order valence-corrected chi connectivity index (χ0v) is 13.6. The molecule has 0 spiro atoms. The van der Waals surface area contributed by atoms with E-state index in [-0.39, 0.29) is 18.0 Å². The number of hydrogen-bond acceptors (Lipinski definition) is 4. The maximum absolute atomic E-state index is 12.5. The van der Waals surface area contributed by atoms with Crippen LogP contribution in [0.4, 0.5) is 0 Å². The normalized spacial score (nSPS) is 11.0. The Labute approximate surface area is 138 Å². The molecule has 3 aromatic rings. The van der Waals surface area contributed by atoms with Crippen molar-refractivity contribution >= 4 is 17.5 Å². The van der Waals surface area contributed by atoms with Crippen molar-refractivity contribution in [3.63, 3.8) is 0 Å². The lowest BCUT2D eigenvalue weighted by Crippen LogP contribution is -2.26. The van der Waals surface area contributed by atoms with Gasteiger partial charge in [0.1, 0.15) is 28.4 Å². The van der Waals surface area contributed by atoms with E-state index >= 15 is 0 Å². The van der Waals surface area contributed by atoms with Crippen molar-refractivity contribution in [1.82, 2.24) is 14.3 Å². The van der Waals surface area contributed by atoms with Crippen LogP contribution < -0.4 is 0 Å². The van der Waals surface area contributed by atoms with Crippen LogP contribution in [0.3, 0.4) is 0 Å². The minimum absolute atomic E-state index is 0.106. The van der Waals surface area contributed by atoms with Crippen LogP contribution in [0.25, 0.3) is 5.65 Å². The van der Waals surface area contributed by atoms with Gasteiger partial charge in [0.2, 0.25) is 0 Å². The number of nitrogens with zero attached hydrogens (tertiary/aromatic N) is 3. The van der Waals surface area contributed by atoms with E-state index in [1.54, 1.807) is 20.2 Å². The number of hydrogen-bond donors (Lipinski definition) is 1. The molecule has 7 nitrogen and oxygen atoms in total. The molecule has 124 valence electrons. The number of fused-ring (bicyclic) bond motifs is 1. The van der Waals surface area contributed by atoms with Crippen LogP contribution in [0.5, 0.6) is 0 Å². The van der Waals surface area contributed by atoms with Gasteiger partial charge in [-0.25, -0.2) is 9.78 Å². The minimum atomic E-state index is -1.05. The Morgan fingerprint density at radius 3 is 2.71 bits per heavy atom. The number of furan rings is 1. The van der Waals surface area contributed by atoms with Crippen LogP contribution in [-0.2, 0) is 6.54 Å². The lowest BCUT2D eigenvalue weighted by molar-refractivity contribution is 0.0694. The summed E-state index contributed by atoms with van der Waals surface area (Å²) in [6.07, 6.45) is 1.69. The van der Waals surface area contributed by atoms with Gasteiger partial charge < -0.3 is 18.8 Å². The minimum Gasteiger partial charge on any atom is -0.478 e. The molecule has 0 radical (unpaired) electrons. The van der Waals surface area contributed by atoms with E-state index in [1.807, 2.05) is 29.5 Å². The van der Waals surface area contributed by atoms with Crippen LogP contribution >= 0.6 is 0 Å². The van der Waals surface area contributed by atoms with Crippen molar-refractivity contribution in [2.45, 2.75) is 20.4 Å². The number of carbonyl (C=O) groups excluding carboxylic acids is 1. The molecular weight excluding hydrogens is 310 g/mol. The van der Waals surface area contributed by atoms with Crippen LogP contribution in [0.1, 0.15) is 38.1 Å². The zero-order chi connectivity index (χ0) is 17.4. The molecule has 0 aliphatic heterocycles. The zero-order valence-electron chi connectivity index (χ0n) is 13.6. The summed E-state index contributed by atoms with van der Waals surface area (Å²) in [5.41, 5.74) is 2.12. The number of rotatable bonds is 4. The largest absolute Gasteiger partial charge is 0.478 e. The number of pyridine rings is 1.